The van der Waals surface area contributed by atoms with E-state index in [1.165, 1.54) is 6.07 Å². The summed E-state index contributed by atoms with van der Waals surface area (Å²) in [6.07, 6.45) is 0. The normalized spacial score (nSPS) is 14.6. The summed E-state index contributed by atoms with van der Waals surface area (Å²) >= 11 is 5.97. The van der Waals surface area contributed by atoms with E-state index in [9.17, 15) is 9.70 Å². The summed E-state index contributed by atoms with van der Waals surface area (Å²) in [7, 11) is 0. The van der Waals surface area contributed by atoms with Crippen molar-refractivity contribution in [3.8, 4) is 11.3 Å². The molecule has 0 unspecified atom stereocenters. The van der Waals surface area contributed by atoms with Crippen LogP contribution in [0.3, 0.4) is 0 Å². The van der Waals surface area contributed by atoms with E-state index in [1.54, 1.807) is 16.6 Å². The molecule has 0 radical (unpaired) electrons. The van der Waals surface area contributed by atoms with E-state index in [2.05, 4.69) is 20.2 Å². The monoisotopic (exact) mass is 371 g/mol. The number of rotatable bonds is 3. The van der Waals surface area contributed by atoms with E-state index in [-0.39, 0.29) is 5.69 Å². The van der Waals surface area contributed by atoms with E-state index >= 15 is 0 Å². The second-order valence-corrected chi connectivity index (χ2v) is 6.24. The fraction of sp³-hybridized carbons (Fsp3) is 0.235. The number of anilines is 1. The van der Waals surface area contributed by atoms with Gasteiger partial charge in [-0.3, -0.25) is 4.79 Å². The molecular weight excluding hydrogens is 358 g/mol. The largest absolute Gasteiger partial charge is 0.378 e. The highest BCUT2D eigenvalue weighted by molar-refractivity contribution is 6.30. The Balaban J connectivity index is 1.89. The number of nitrogens with zero attached hydrogens (tertiary/aromatic N) is 5. The number of ether oxygens (including phenoxy) is 1. The lowest BCUT2D eigenvalue weighted by Gasteiger charge is -2.29. The van der Waals surface area contributed by atoms with Crippen molar-refractivity contribution < 1.29 is 9.53 Å². The van der Waals surface area contributed by atoms with Crippen molar-refractivity contribution in [2.75, 3.05) is 31.2 Å². The number of hydrogen-bond acceptors (Lipinski definition) is 6. The third-order valence-corrected chi connectivity index (χ3v) is 4.44. The Kier molecular flexibility index (Phi) is 4.36. The average molecular weight is 372 g/mol. The van der Waals surface area contributed by atoms with Gasteiger partial charge in [-0.2, -0.15) is 9.61 Å². The number of carbonyl (C=O) groups is 1. The van der Waals surface area contributed by atoms with E-state index in [1.807, 2.05) is 18.2 Å². The number of benzene rings is 1. The molecule has 3 heterocycles. The van der Waals surface area contributed by atoms with Gasteiger partial charge in [-0.05, 0) is 12.1 Å². The number of aromatic nitrogens is 3. The van der Waals surface area contributed by atoms with Gasteiger partial charge >= 0.3 is 5.91 Å². The molecular formula is C17H14ClN5O3. The maximum absolute atomic E-state index is 11.6. The zero-order valence-corrected chi connectivity index (χ0v) is 14.4. The maximum atomic E-state index is 11.6. The summed E-state index contributed by atoms with van der Waals surface area (Å²) in [5, 5.41) is 7.30. The molecule has 26 heavy (non-hydrogen) atoms. The van der Waals surface area contributed by atoms with Gasteiger partial charge in [0, 0.05) is 41.0 Å². The molecule has 1 aliphatic rings. The Morgan fingerprint density at radius 1 is 1.15 bits per heavy atom. The van der Waals surface area contributed by atoms with Gasteiger partial charge in [-0.1, -0.05) is 23.7 Å². The summed E-state index contributed by atoms with van der Waals surface area (Å²) < 4.78 is 6.97. The van der Waals surface area contributed by atoms with Gasteiger partial charge < -0.3 is 9.64 Å². The van der Waals surface area contributed by atoms with Crippen LogP contribution in [-0.2, 0) is 4.74 Å². The van der Waals surface area contributed by atoms with Gasteiger partial charge in [-0.15, -0.1) is 4.91 Å². The van der Waals surface area contributed by atoms with Crippen LogP contribution in [-0.4, -0.2) is 46.8 Å². The van der Waals surface area contributed by atoms with Crippen LogP contribution in [0.4, 0.5) is 5.82 Å². The van der Waals surface area contributed by atoms with Crippen molar-refractivity contribution in [3.05, 3.63) is 52.0 Å². The molecule has 1 amide bonds. The van der Waals surface area contributed by atoms with Gasteiger partial charge in [0.2, 0.25) is 0 Å². The standard InChI is InChI=1S/C17H14ClN5O3/c18-12-3-1-11(2-4-12)13-10-16(22-5-7-26-8-6-22)23-15(19-13)9-14(20-23)17(24)21-25/h1-4,9-10H,5-8H2. The number of halogens is 1. The predicted octanol–water partition coefficient (Wildman–Crippen LogP) is 2.79. The summed E-state index contributed by atoms with van der Waals surface area (Å²) in [5.74, 6) is -0.148. The van der Waals surface area contributed by atoms with E-state index in [4.69, 9.17) is 16.3 Å². The van der Waals surface area contributed by atoms with Gasteiger partial charge in [0.1, 0.15) is 5.82 Å². The molecule has 0 N–H and O–H groups in total. The van der Waals surface area contributed by atoms with Crippen LogP contribution in [0, 0.1) is 4.91 Å². The lowest BCUT2D eigenvalue weighted by atomic mass is 10.1. The van der Waals surface area contributed by atoms with Crippen LogP contribution in [0.1, 0.15) is 10.5 Å². The first-order chi connectivity index (χ1) is 12.7. The average Bonchev–Trinajstić information content (AvgIpc) is 3.12. The first-order valence-corrected chi connectivity index (χ1v) is 8.40. The molecule has 0 bridgehead atoms. The van der Waals surface area contributed by atoms with Crippen molar-refractivity contribution in [1.29, 1.82) is 0 Å². The third kappa shape index (κ3) is 3.04. The van der Waals surface area contributed by atoms with E-state index in [0.29, 0.717) is 42.7 Å². The SMILES string of the molecule is O=NC(=O)c1cc2nc(-c3ccc(Cl)cc3)cc(N3CCOCC3)n2n1. The molecule has 0 aliphatic carbocycles. The van der Waals surface area contributed by atoms with Gasteiger partial charge in [-0.25, -0.2) is 4.98 Å². The minimum absolute atomic E-state index is 0.0322. The van der Waals surface area contributed by atoms with Crippen molar-refractivity contribution in [2.45, 2.75) is 0 Å². The first-order valence-electron chi connectivity index (χ1n) is 8.03. The minimum atomic E-state index is -0.920. The number of carbonyl (C=O) groups excluding carboxylic acids is 1. The Bertz CT molecular complexity index is 980. The summed E-state index contributed by atoms with van der Waals surface area (Å²) in [5.41, 5.74) is 2.03. The summed E-state index contributed by atoms with van der Waals surface area (Å²) in [6, 6.07) is 10.7. The van der Waals surface area contributed by atoms with Gasteiger partial charge in [0.25, 0.3) is 0 Å². The molecule has 0 atom stereocenters. The number of fused-ring (bicyclic) bond motifs is 1. The Labute approximate surface area is 153 Å². The number of morpholine rings is 1. The smallest absolute Gasteiger partial charge is 0.336 e. The molecule has 1 aromatic carbocycles. The lowest BCUT2D eigenvalue weighted by Crippen LogP contribution is -2.37. The molecule has 0 spiro atoms. The maximum Gasteiger partial charge on any atom is 0.336 e. The number of hydrogen-bond donors (Lipinski definition) is 0. The van der Waals surface area contributed by atoms with Crippen molar-refractivity contribution in [3.63, 3.8) is 0 Å². The number of amides is 1. The zero-order chi connectivity index (χ0) is 18.1. The van der Waals surface area contributed by atoms with Crippen LogP contribution in [0.2, 0.25) is 5.02 Å². The van der Waals surface area contributed by atoms with Crippen molar-refractivity contribution in [1.82, 2.24) is 14.6 Å². The molecule has 9 heteroatoms. The van der Waals surface area contributed by atoms with Gasteiger partial charge in [0.15, 0.2) is 11.3 Å². The van der Waals surface area contributed by atoms with Gasteiger partial charge in [0.05, 0.1) is 18.9 Å². The van der Waals surface area contributed by atoms with Crippen LogP contribution in [0.25, 0.3) is 16.9 Å². The highest BCUT2D eigenvalue weighted by atomic mass is 35.5. The van der Waals surface area contributed by atoms with Crippen LogP contribution in [0.5, 0.6) is 0 Å². The van der Waals surface area contributed by atoms with Crippen molar-refractivity contribution >= 4 is 29.0 Å². The molecule has 4 rings (SSSR count). The number of nitroso groups, excluding NO2 is 1. The highest BCUT2D eigenvalue weighted by Gasteiger charge is 2.20. The Morgan fingerprint density at radius 2 is 1.88 bits per heavy atom. The van der Waals surface area contributed by atoms with E-state index < -0.39 is 5.91 Å². The second-order valence-electron chi connectivity index (χ2n) is 5.80. The molecule has 0 saturated carbocycles. The molecule has 3 aromatic rings. The second kappa shape index (κ2) is 6.81. The molecule has 1 fully saturated rings. The Hall–Kier alpha value is -2.84. The Morgan fingerprint density at radius 3 is 2.58 bits per heavy atom. The molecule has 1 saturated heterocycles. The topological polar surface area (TPSA) is 89.2 Å². The van der Waals surface area contributed by atoms with Crippen LogP contribution < -0.4 is 4.90 Å². The van der Waals surface area contributed by atoms with E-state index in [0.717, 1.165) is 11.4 Å². The fourth-order valence-corrected chi connectivity index (χ4v) is 3.02. The quantitative estimate of drug-likeness (QED) is 0.658. The zero-order valence-electron chi connectivity index (χ0n) is 13.6. The first kappa shape index (κ1) is 16.6. The summed E-state index contributed by atoms with van der Waals surface area (Å²) in [4.78, 5) is 28.9. The molecule has 2 aromatic heterocycles. The summed E-state index contributed by atoms with van der Waals surface area (Å²) in [6.45, 7) is 2.58. The van der Waals surface area contributed by atoms with Crippen LogP contribution >= 0.6 is 11.6 Å². The van der Waals surface area contributed by atoms with Crippen LogP contribution in [0.15, 0.2) is 41.6 Å². The van der Waals surface area contributed by atoms with Crippen molar-refractivity contribution in [2.24, 2.45) is 5.18 Å². The molecule has 132 valence electrons. The third-order valence-electron chi connectivity index (χ3n) is 4.19. The predicted molar refractivity (Wildman–Crippen MR) is 96.6 cm³/mol. The lowest BCUT2D eigenvalue weighted by molar-refractivity contribution is 0.0995. The fourth-order valence-electron chi connectivity index (χ4n) is 2.90. The highest BCUT2D eigenvalue weighted by Crippen LogP contribution is 2.26. The molecule has 1 aliphatic heterocycles. The minimum Gasteiger partial charge on any atom is -0.378 e. The molecule has 8 nitrogen and oxygen atoms in total.